The molecule has 1 aromatic rings. The van der Waals surface area contributed by atoms with Crippen molar-refractivity contribution in [2.24, 2.45) is 5.92 Å². The molecule has 0 aliphatic carbocycles. The zero-order valence-electron chi connectivity index (χ0n) is 14.4. The molecule has 2 aliphatic heterocycles. The van der Waals surface area contributed by atoms with Gasteiger partial charge in [0.2, 0.25) is 11.9 Å². The van der Waals surface area contributed by atoms with Crippen molar-refractivity contribution in [2.45, 2.75) is 52.1 Å². The highest BCUT2D eigenvalue weighted by atomic mass is 16.2. The maximum atomic E-state index is 11.8. The molecule has 1 saturated heterocycles. The second kappa shape index (κ2) is 6.97. The molecule has 0 saturated carbocycles. The van der Waals surface area contributed by atoms with E-state index in [1.807, 2.05) is 18.5 Å². The Morgan fingerprint density at radius 1 is 1.35 bits per heavy atom. The third-order valence-corrected chi connectivity index (χ3v) is 4.80. The van der Waals surface area contributed by atoms with Crippen LogP contribution in [0.15, 0.2) is 0 Å². The first-order chi connectivity index (χ1) is 11.0. The van der Waals surface area contributed by atoms with Crippen molar-refractivity contribution >= 4 is 11.9 Å². The van der Waals surface area contributed by atoms with Crippen molar-refractivity contribution in [2.75, 3.05) is 31.5 Å². The molecule has 2 N–H and O–H groups in total. The molecule has 7 heteroatoms. The summed E-state index contributed by atoms with van der Waals surface area (Å²) >= 11 is 0. The van der Waals surface area contributed by atoms with Gasteiger partial charge in [0.1, 0.15) is 5.82 Å². The number of fused-ring (bicyclic) bond motifs is 1. The highest BCUT2D eigenvalue weighted by Gasteiger charge is 2.31. The summed E-state index contributed by atoms with van der Waals surface area (Å²) in [4.78, 5) is 19.0. The summed E-state index contributed by atoms with van der Waals surface area (Å²) < 4.78 is 1.99. The van der Waals surface area contributed by atoms with Gasteiger partial charge >= 0.3 is 0 Å². The molecule has 0 radical (unpaired) electrons. The second-order valence-corrected chi connectivity index (χ2v) is 7.05. The number of rotatable bonds is 3. The van der Waals surface area contributed by atoms with E-state index in [0.717, 1.165) is 45.0 Å². The van der Waals surface area contributed by atoms with E-state index in [9.17, 15) is 4.79 Å². The SMILES string of the molecule is CC(C)C(=O)Nc1nc2n(n1)CC(N1CCCNCC1)CC2C. The normalized spacial score (nSPS) is 25.9. The standard InChI is InChI=1S/C16H28N6O/c1-11(2)15(23)19-16-18-14-12(3)9-13(10-22(14)20-16)21-7-4-5-17-6-8-21/h11-13,17H,4-10H2,1-3H3,(H,19,20,23). The van der Waals surface area contributed by atoms with E-state index >= 15 is 0 Å². The summed E-state index contributed by atoms with van der Waals surface area (Å²) in [7, 11) is 0. The lowest BCUT2D eigenvalue weighted by Crippen LogP contribution is -2.44. The number of amides is 1. The summed E-state index contributed by atoms with van der Waals surface area (Å²) in [6.45, 7) is 11.2. The predicted octanol–water partition coefficient (Wildman–Crippen LogP) is 1.04. The summed E-state index contributed by atoms with van der Waals surface area (Å²) in [5.41, 5.74) is 0. The average Bonchev–Trinajstić information content (AvgIpc) is 2.73. The van der Waals surface area contributed by atoms with Crippen LogP contribution < -0.4 is 10.6 Å². The lowest BCUT2D eigenvalue weighted by molar-refractivity contribution is -0.118. The molecule has 1 amide bonds. The molecule has 1 fully saturated rings. The van der Waals surface area contributed by atoms with Crippen LogP contribution in [0.5, 0.6) is 0 Å². The van der Waals surface area contributed by atoms with Gasteiger partial charge in [0.15, 0.2) is 0 Å². The van der Waals surface area contributed by atoms with E-state index in [1.165, 1.54) is 6.42 Å². The van der Waals surface area contributed by atoms with Crippen molar-refractivity contribution in [1.29, 1.82) is 0 Å². The van der Waals surface area contributed by atoms with Gasteiger partial charge in [-0.05, 0) is 25.9 Å². The summed E-state index contributed by atoms with van der Waals surface area (Å²) in [5.74, 6) is 1.71. The van der Waals surface area contributed by atoms with Crippen molar-refractivity contribution in [3.05, 3.63) is 5.82 Å². The fourth-order valence-electron chi connectivity index (χ4n) is 3.44. The van der Waals surface area contributed by atoms with Crippen molar-refractivity contribution in [1.82, 2.24) is 25.0 Å². The van der Waals surface area contributed by atoms with Crippen molar-refractivity contribution < 1.29 is 4.79 Å². The van der Waals surface area contributed by atoms with Crippen LogP contribution in [-0.2, 0) is 11.3 Å². The minimum Gasteiger partial charge on any atom is -0.315 e. The molecular weight excluding hydrogens is 292 g/mol. The summed E-state index contributed by atoms with van der Waals surface area (Å²) in [5, 5.41) is 10.8. The van der Waals surface area contributed by atoms with Gasteiger partial charge in [0, 0.05) is 31.0 Å². The van der Waals surface area contributed by atoms with Crippen LogP contribution in [0, 0.1) is 5.92 Å². The number of carbonyl (C=O) groups excluding carboxylic acids is 1. The predicted molar refractivity (Wildman–Crippen MR) is 89.4 cm³/mol. The van der Waals surface area contributed by atoms with Gasteiger partial charge in [-0.2, -0.15) is 4.98 Å². The molecule has 0 spiro atoms. The Balaban J connectivity index is 1.71. The number of anilines is 1. The van der Waals surface area contributed by atoms with Gasteiger partial charge in [0.05, 0.1) is 6.54 Å². The topological polar surface area (TPSA) is 75.1 Å². The molecule has 0 aromatic carbocycles. The third-order valence-electron chi connectivity index (χ3n) is 4.80. The van der Waals surface area contributed by atoms with Crippen LogP contribution in [0.25, 0.3) is 0 Å². The fraction of sp³-hybridized carbons (Fsp3) is 0.812. The smallest absolute Gasteiger partial charge is 0.248 e. The van der Waals surface area contributed by atoms with Crippen molar-refractivity contribution in [3.8, 4) is 0 Å². The maximum absolute atomic E-state index is 11.8. The monoisotopic (exact) mass is 320 g/mol. The lowest BCUT2D eigenvalue weighted by Gasteiger charge is -2.35. The minimum atomic E-state index is -0.0645. The van der Waals surface area contributed by atoms with Crippen LogP contribution >= 0.6 is 0 Å². The Bertz CT molecular complexity index is 547. The molecule has 3 rings (SSSR count). The van der Waals surface area contributed by atoms with E-state index in [2.05, 4.69) is 32.5 Å². The van der Waals surface area contributed by atoms with Gasteiger partial charge < -0.3 is 5.32 Å². The van der Waals surface area contributed by atoms with E-state index < -0.39 is 0 Å². The first-order valence-electron chi connectivity index (χ1n) is 8.75. The molecule has 128 valence electrons. The number of nitrogens with one attached hydrogen (secondary N) is 2. The summed E-state index contributed by atoms with van der Waals surface area (Å²) in [6.07, 6.45) is 2.31. The molecular formula is C16H28N6O. The third kappa shape index (κ3) is 3.72. The first kappa shape index (κ1) is 16.4. The summed E-state index contributed by atoms with van der Waals surface area (Å²) in [6, 6.07) is 0.507. The van der Waals surface area contributed by atoms with Gasteiger partial charge in [-0.3, -0.25) is 15.0 Å². The maximum Gasteiger partial charge on any atom is 0.248 e. The Morgan fingerprint density at radius 3 is 2.96 bits per heavy atom. The number of carbonyl (C=O) groups is 1. The number of hydrogen-bond donors (Lipinski definition) is 2. The molecule has 23 heavy (non-hydrogen) atoms. The first-order valence-corrected chi connectivity index (χ1v) is 8.75. The van der Waals surface area contributed by atoms with Gasteiger partial charge in [-0.25, -0.2) is 4.68 Å². The van der Waals surface area contributed by atoms with Crippen LogP contribution in [0.2, 0.25) is 0 Å². The second-order valence-electron chi connectivity index (χ2n) is 7.05. The molecule has 3 heterocycles. The quantitative estimate of drug-likeness (QED) is 0.870. The van der Waals surface area contributed by atoms with E-state index in [4.69, 9.17) is 0 Å². The van der Waals surface area contributed by atoms with Crippen LogP contribution in [-0.4, -0.2) is 57.8 Å². The van der Waals surface area contributed by atoms with E-state index in [-0.39, 0.29) is 11.8 Å². The number of aromatic nitrogens is 3. The lowest BCUT2D eigenvalue weighted by atomic mass is 9.96. The number of hydrogen-bond acceptors (Lipinski definition) is 5. The molecule has 1 aromatic heterocycles. The van der Waals surface area contributed by atoms with Crippen LogP contribution in [0.4, 0.5) is 5.95 Å². The zero-order chi connectivity index (χ0) is 16.4. The Morgan fingerprint density at radius 2 is 2.17 bits per heavy atom. The molecule has 2 atom stereocenters. The zero-order valence-corrected chi connectivity index (χ0v) is 14.4. The average molecular weight is 320 g/mol. The van der Waals surface area contributed by atoms with Gasteiger partial charge in [0.25, 0.3) is 0 Å². The molecule has 2 unspecified atom stereocenters. The highest BCUT2D eigenvalue weighted by molar-refractivity contribution is 5.90. The fourth-order valence-corrected chi connectivity index (χ4v) is 3.44. The minimum absolute atomic E-state index is 0.0317. The number of nitrogens with zero attached hydrogens (tertiary/aromatic N) is 4. The van der Waals surface area contributed by atoms with Gasteiger partial charge in [-0.1, -0.05) is 20.8 Å². The Labute approximate surface area is 137 Å². The van der Waals surface area contributed by atoms with Crippen LogP contribution in [0.3, 0.4) is 0 Å². The van der Waals surface area contributed by atoms with E-state index in [1.54, 1.807) is 0 Å². The highest BCUT2D eigenvalue weighted by Crippen LogP contribution is 2.29. The molecule has 2 aliphatic rings. The van der Waals surface area contributed by atoms with Gasteiger partial charge in [-0.15, -0.1) is 5.10 Å². The Kier molecular flexibility index (Phi) is 4.96. The molecule has 7 nitrogen and oxygen atoms in total. The van der Waals surface area contributed by atoms with Crippen molar-refractivity contribution in [3.63, 3.8) is 0 Å². The van der Waals surface area contributed by atoms with Crippen LogP contribution in [0.1, 0.15) is 45.4 Å². The Hall–Kier alpha value is -1.47. The van der Waals surface area contributed by atoms with E-state index in [0.29, 0.717) is 17.9 Å². The molecule has 0 bridgehead atoms. The largest absolute Gasteiger partial charge is 0.315 e.